The van der Waals surface area contributed by atoms with E-state index >= 15 is 0 Å². The summed E-state index contributed by atoms with van der Waals surface area (Å²) in [6.07, 6.45) is 1.87. The highest BCUT2D eigenvalue weighted by Gasteiger charge is 2.22. The Balaban J connectivity index is 2.16. The third kappa shape index (κ3) is 2.51. The number of aromatic nitrogens is 1. The predicted octanol–water partition coefficient (Wildman–Crippen LogP) is 0.815. The van der Waals surface area contributed by atoms with Crippen molar-refractivity contribution in [2.75, 3.05) is 38.3 Å². The van der Waals surface area contributed by atoms with Crippen LogP contribution >= 0.6 is 0 Å². The minimum absolute atomic E-state index is 0.417. The number of morpholine rings is 1. The molecular formula is C12H19N3O. The minimum Gasteiger partial charge on any atom is -0.377 e. The van der Waals surface area contributed by atoms with Gasteiger partial charge in [0.25, 0.3) is 0 Å². The first-order chi connectivity index (χ1) is 7.81. The number of likely N-dealkylation sites (N-methyl/N-ethyl adjacent to an activating group) is 1. The van der Waals surface area contributed by atoms with E-state index < -0.39 is 0 Å². The molecule has 88 valence electrons. The zero-order valence-corrected chi connectivity index (χ0v) is 9.94. The number of anilines is 1. The molecule has 1 fully saturated rings. The third-order valence-corrected chi connectivity index (χ3v) is 2.88. The van der Waals surface area contributed by atoms with E-state index in [0.717, 1.165) is 32.0 Å². The monoisotopic (exact) mass is 221 g/mol. The van der Waals surface area contributed by atoms with Crippen molar-refractivity contribution < 1.29 is 4.74 Å². The quantitative estimate of drug-likeness (QED) is 0.820. The van der Waals surface area contributed by atoms with Crippen LogP contribution in [0, 0.1) is 6.92 Å². The Morgan fingerprint density at radius 3 is 3.25 bits per heavy atom. The SMILES string of the molecule is CNCC1COCCN1c1ccnc(C)c1. The average molecular weight is 221 g/mol. The lowest BCUT2D eigenvalue weighted by molar-refractivity contribution is 0.0943. The van der Waals surface area contributed by atoms with Gasteiger partial charge in [0.05, 0.1) is 19.3 Å². The molecule has 4 heteroatoms. The maximum atomic E-state index is 5.52. The molecule has 4 nitrogen and oxygen atoms in total. The Kier molecular flexibility index (Phi) is 3.74. The van der Waals surface area contributed by atoms with Crippen LogP contribution in [0.2, 0.25) is 0 Å². The van der Waals surface area contributed by atoms with Gasteiger partial charge in [0.15, 0.2) is 0 Å². The molecule has 1 N–H and O–H groups in total. The molecule has 0 aromatic carbocycles. The fourth-order valence-electron chi connectivity index (χ4n) is 2.11. The molecule has 2 heterocycles. The van der Waals surface area contributed by atoms with Crippen LogP contribution in [0.4, 0.5) is 5.69 Å². The van der Waals surface area contributed by atoms with Gasteiger partial charge in [0.1, 0.15) is 0 Å². The number of nitrogens with one attached hydrogen (secondary N) is 1. The number of aryl methyl sites for hydroxylation is 1. The van der Waals surface area contributed by atoms with E-state index in [1.54, 1.807) is 0 Å². The number of hydrogen-bond acceptors (Lipinski definition) is 4. The van der Waals surface area contributed by atoms with Crippen molar-refractivity contribution in [2.24, 2.45) is 0 Å². The molecule has 0 bridgehead atoms. The Morgan fingerprint density at radius 1 is 1.62 bits per heavy atom. The van der Waals surface area contributed by atoms with E-state index in [9.17, 15) is 0 Å². The fourth-order valence-corrected chi connectivity index (χ4v) is 2.11. The van der Waals surface area contributed by atoms with Crippen molar-refractivity contribution in [1.82, 2.24) is 10.3 Å². The van der Waals surface area contributed by atoms with Crippen molar-refractivity contribution in [3.63, 3.8) is 0 Å². The number of pyridine rings is 1. The van der Waals surface area contributed by atoms with Crippen molar-refractivity contribution in [2.45, 2.75) is 13.0 Å². The number of hydrogen-bond donors (Lipinski definition) is 1. The lowest BCUT2D eigenvalue weighted by Crippen LogP contribution is -2.50. The van der Waals surface area contributed by atoms with E-state index in [0.29, 0.717) is 6.04 Å². The average Bonchev–Trinajstić information content (AvgIpc) is 2.30. The summed E-state index contributed by atoms with van der Waals surface area (Å²) in [5.74, 6) is 0. The molecule has 1 aromatic heterocycles. The van der Waals surface area contributed by atoms with Gasteiger partial charge in [-0.1, -0.05) is 0 Å². The molecule has 0 radical (unpaired) electrons. The van der Waals surface area contributed by atoms with Gasteiger partial charge in [-0.15, -0.1) is 0 Å². The van der Waals surface area contributed by atoms with Crippen LogP contribution in [0.15, 0.2) is 18.3 Å². The molecule has 0 amide bonds. The first-order valence-corrected chi connectivity index (χ1v) is 5.73. The standard InChI is InChI=1S/C12H19N3O/c1-10-7-11(3-4-14-10)15-5-6-16-9-12(15)8-13-2/h3-4,7,12-13H,5-6,8-9H2,1-2H3. The van der Waals surface area contributed by atoms with Crippen molar-refractivity contribution in [3.8, 4) is 0 Å². The predicted molar refractivity (Wildman–Crippen MR) is 64.9 cm³/mol. The van der Waals surface area contributed by atoms with Crippen molar-refractivity contribution in [1.29, 1.82) is 0 Å². The summed E-state index contributed by atoms with van der Waals surface area (Å²) >= 11 is 0. The van der Waals surface area contributed by atoms with Gasteiger partial charge in [-0.3, -0.25) is 4.98 Å². The van der Waals surface area contributed by atoms with Gasteiger partial charge in [-0.05, 0) is 26.1 Å². The molecule has 1 unspecified atom stereocenters. The summed E-state index contributed by atoms with van der Waals surface area (Å²) in [5, 5.41) is 3.21. The first-order valence-electron chi connectivity index (χ1n) is 5.73. The summed E-state index contributed by atoms with van der Waals surface area (Å²) < 4.78 is 5.52. The zero-order chi connectivity index (χ0) is 11.4. The Hall–Kier alpha value is -1.13. The van der Waals surface area contributed by atoms with Crippen LogP contribution in [0.3, 0.4) is 0 Å². The Morgan fingerprint density at radius 2 is 2.50 bits per heavy atom. The maximum Gasteiger partial charge on any atom is 0.0683 e. The van der Waals surface area contributed by atoms with Crippen LogP contribution in [0.5, 0.6) is 0 Å². The molecule has 1 aliphatic heterocycles. The summed E-state index contributed by atoms with van der Waals surface area (Å²) in [6.45, 7) is 5.53. The zero-order valence-electron chi connectivity index (χ0n) is 9.94. The van der Waals surface area contributed by atoms with E-state index in [1.165, 1.54) is 5.69 Å². The highest BCUT2D eigenvalue weighted by molar-refractivity contribution is 5.48. The van der Waals surface area contributed by atoms with Gasteiger partial charge >= 0.3 is 0 Å². The van der Waals surface area contributed by atoms with E-state index in [1.807, 2.05) is 20.2 Å². The molecule has 16 heavy (non-hydrogen) atoms. The molecule has 0 saturated carbocycles. The van der Waals surface area contributed by atoms with Gasteiger partial charge in [-0.2, -0.15) is 0 Å². The molecule has 1 aromatic rings. The fraction of sp³-hybridized carbons (Fsp3) is 0.583. The summed E-state index contributed by atoms with van der Waals surface area (Å²) in [7, 11) is 1.98. The van der Waals surface area contributed by atoms with Crippen LogP contribution in [0.1, 0.15) is 5.69 Å². The van der Waals surface area contributed by atoms with Gasteiger partial charge in [0.2, 0.25) is 0 Å². The third-order valence-electron chi connectivity index (χ3n) is 2.88. The molecule has 0 spiro atoms. The topological polar surface area (TPSA) is 37.4 Å². The van der Waals surface area contributed by atoms with Crippen LogP contribution < -0.4 is 10.2 Å². The second kappa shape index (κ2) is 5.27. The van der Waals surface area contributed by atoms with E-state index in [4.69, 9.17) is 4.74 Å². The normalized spacial score (nSPS) is 21.1. The molecule has 2 rings (SSSR count). The largest absolute Gasteiger partial charge is 0.377 e. The van der Waals surface area contributed by atoms with Gasteiger partial charge in [0, 0.05) is 30.7 Å². The maximum absolute atomic E-state index is 5.52. The van der Waals surface area contributed by atoms with Crippen molar-refractivity contribution >= 4 is 5.69 Å². The number of rotatable bonds is 3. The van der Waals surface area contributed by atoms with E-state index in [-0.39, 0.29) is 0 Å². The highest BCUT2D eigenvalue weighted by Crippen LogP contribution is 2.19. The van der Waals surface area contributed by atoms with Gasteiger partial charge in [-0.25, -0.2) is 0 Å². The van der Waals surface area contributed by atoms with Crippen LogP contribution in [-0.2, 0) is 4.74 Å². The molecule has 1 aliphatic rings. The molecule has 0 aliphatic carbocycles. The van der Waals surface area contributed by atoms with Crippen molar-refractivity contribution in [3.05, 3.63) is 24.0 Å². The summed E-state index contributed by atoms with van der Waals surface area (Å²) in [6, 6.07) is 4.62. The Bertz CT molecular complexity index is 341. The Labute approximate surface area is 96.6 Å². The van der Waals surface area contributed by atoms with Crippen LogP contribution in [-0.4, -0.2) is 44.4 Å². The smallest absolute Gasteiger partial charge is 0.0683 e. The second-order valence-electron chi connectivity index (χ2n) is 4.14. The highest BCUT2D eigenvalue weighted by atomic mass is 16.5. The summed E-state index contributed by atoms with van der Waals surface area (Å²) in [5.41, 5.74) is 2.31. The number of nitrogens with zero attached hydrogens (tertiary/aromatic N) is 2. The second-order valence-corrected chi connectivity index (χ2v) is 4.14. The lowest BCUT2D eigenvalue weighted by Gasteiger charge is -2.37. The summed E-state index contributed by atoms with van der Waals surface area (Å²) in [4.78, 5) is 6.63. The van der Waals surface area contributed by atoms with E-state index in [2.05, 4.69) is 27.3 Å². The van der Waals surface area contributed by atoms with Crippen LogP contribution in [0.25, 0.3) is 0 Å². The molecule has 1 saturated heterocycles. The number of ether oxygens (including phenoxy) is 1. The minimum atomic E-state index is 0.417. The molecule has 1 atom stereocenters. The molecular weight excluding hydrogens is 202 g/mol. The lowest BCUT2D eigenvalue weighted by atomic mass is 10.2. The van der Waals surface area contributed by atoms with Gasteiger partial charge < -0.3 is 15.0 Å². The first kappa shape index (κ1) is 11.4.